The van der Waals surface area contributed by atoms with Gasteiger partial charge in [0.25, 0.3) is 0 Å². The summed E-state index contributed by atoms with van der Waals surface area (Å²) >= 11 is 4.72. The van der Waals surface area contributed by atoms with Gasteiger partial charge in [-0.3, -0.25) is 4.79 Å². The summed E-state index contributed by atoms with van der Waals surface area (Å²) in [6.07, 6.45) is 3.01. The Bertz CT molecular complexity index is 252. The van der Waals surface area contributed by atoms with Crippen molar-refractivity contribution in [3.05, 3.63) is 0 Å². The van der Waals surface area contributed by atoms with Crippen molar-refractivity contribution >= 4 is 23.2 Å². The Balaban J connectivity index is 2.17. The number of nitrogens with one attached hydrogen (secondary N) is 1. The monoisotopic (exact) mass is 245 g/mol. The maximum absolute atomic E-state index is 11.2. The average molecular weight is 245 g/mol. The molecule has 1 heterocycles. The first-order valence-electron chi connectivity index (χ1n) is 5.55. The van der Waals surface area contributed by atoms with Gasteiger partial charge in [-0.1, -0.05) is 0 Å². The average Bonchev–Trinajstić information content (AvgIpc) is 2.28. The van der Waals surface area contributed by atoms with E-state index in [-0.39, 0.29) is 12.5 Å². The number of nitrogens with two attached hydrogens (primary N) is 1. The summed E-state index contributed by atoms with van der Waals surface area (Å²) in [4.78, 5) is 12.9. The topological polar surface area (TPSA) is 78.6 Å². The van der Waals surface area contributed by atoms with Crippen LogP contribution in [0.4, 0.5) is 0 Å². The number of rotatable bonds is 4. The minimum atomic E-state index is -0.381. The van der Waals surface area contributed by atoms with E-state index < -0.39 is 0 Å². The third-order valence-corrected chi connectivity index (χ3v) is 3.10. The number of thiocarbonyl (C=S) groups is 1. The lowest BCUT2D eigenvalue weighted by Crippen LogP contribution is -2.40. The molecule has 0 bridgehead atoms. The normalized spacial score (nSPS) is 17.2. The lowest BCUT2D eigenvalue weighted by Gasteiger charge is -2.31. The Hall–Kier alpha value is -0.880. The maximum atomic E-state index is 11.2. The predicted octanol–water partition coefficient (Wildman–Crippen LogP) is -0.559. The zero-order valence-corrected chi connectivity index (χ0v) is 10.1. The Morgan fingerprint density at radius 1 is 1.50 bits per heavy atom. The van der Waals surface area contributed by atoms with Gasteiger partial charge < -0.3 is 21.1 Å². The summed E-state index contributed by atoms with van der Waals surface area (Å²) in [6, 6.07) is 0. The highest BCUT2D eigenvalue weighted by molar-refractivity contribution is 7.80. The lowest BCUT2D eigenvalue weighted by atomic mass is 9.93. The molecule has 16 heavy (non-hydrogen) atoms. The fraction of sp³-hybridized carbons (Fsp3) is 0.800. The first kappa shape index (κ1) is 13.2. The summed E-state index contributed by atoms with van der Waals surface area (Å²) in [6.45, 7) is 1.91. The minimum Gasteiger partial charge on any atom is -0.387 e. The standard InChI is InChI=1S/C10H19N3O2S/c11-10(16)12-4-1-8-2-5-13(6-3-8)9(15)7-14/h8,14H,1-7H2,(H3,11,12,16). The van der Waals surface area contributed by atoms with Crippen LogP contribution in [0.5, 0.6) is 0 Å². The van der Waals surface area contributed by atoms with Gasteiger partial charge in [-0.25, -0.2) is 0 Å². The molecular formula is C10H19N3O2S. The fourth-order valence-electron chi connectivity index (χ4n) is 1.97. The number of amides is 1. The van der Waals surface area contributed by atoms with Crippen molar-refractivity contribution in [2.45, 2.75) is 19.3 Å². The van der Waals surface area contributed by atoms with Crippen LogP contribution in [0, 0.1) is 5.92 Å². The number of piperidine rings is 1. The molecule has 1 aliphatic heterocycles. The van der Waals surface area contributed by atoms with Crippen LogP contribution in [0.1, 0.15) is 19.3 Å². The highest BCUT2D eigenvalue weighted by atomic mass is 32.1. The van der Waals surface area contributed by atoms with Crippen molar-refractivity contribution in [1.29, 1.82) is 0 Å². The summed E-state index contributed by atoms with van der Waals surface area (Å²) < 4.78 is 0. The van der Waals surface area contributed by atoms with E-state index >= 15 is 0 Å². The Labute approximate surface area is 101 Å². The van der Waals surface area contributed by atoms with Crippen LogP contribution in [0.3, 0.4) is 0 Å². The SMILES string of the molecule is NC(=S)NCCC1CCN(C(=O)CO)CC1. The molecule has 0 aromatic rings. The number of carbonyl (C=O) groups excluding carboxylic acids is 1. The number of nitrogens with zero attached hydrogens (tertiary/aromatic N) is 1. The number of carbonyl (C=O) groups is 1. The second-order valence-electron chi connectivity index (χ2n) is 4.06. The highest BCUT2D eigenvalue weighted by Crippen LogP contribution is 2.19. The van der Waals surface area contributed by atoms with E-state index in [0.29, 0.717) is 11.0 Å². The van der Waals surface area contributed by atoms with E-state index in [4.69, 9.17) is 23.1 Å². The molecule has 4 N–H and O–H groups in total. The van der Waals surface area contributed by atoms with Crippen LogP contribution < -0.4 is 11.1 Å². The second kappa shape index (κ2) is 6.65. The molecule has 1 aliphatic rings. The molecule has 0 aromatic carbocycles. The summed E-state index contributed by atoms with van der Waals surface area (Å²) in [5, 5.41) is 12.0. The van der Waals surface area contributed by atoms with Gasteiger partial charge in [-0.05, 0) is 37.4 Å². The van der Waals surface area contributed by atoms with Gasteiger partial charge in [-0.15, -0.1) is 0 Å². The third kappa shape index (κ3) is 4.32. The van der Waals surface area contributed by atoms with E-state index in [1.807, 2.05) is 0 Å². The van der Waals surface area contributed by atoms with Gasteiger partial charge in [0.15, 0.2) is 5.11 Å². The van der Waals surface area contributed by atoms with E-state index in [9.17, 15) is 4.79 Å². The van der Waals surface area contributed by atoms with Crippen LogP contribution in [0.15, 0.2) is 0 Å². The third-order valence-electron chi connectivity index (χ3n) is 2.95. The zero-order valence-electron chi connectivity index (χ0n) is 9.32. The molecule has 0 unspecified atom stereocenters. The molecule has 1 rings (SSSR count). The summed E-state index contributed by atoms with van der Waals surface area (Å²) in [7, 11) is 0. The van der Waals surface area contributed by atoms with E-state index in [0.717, 1.165) is 38.9 Å². The van der Waals surface area contributed by atoms with Crippen molar-refractivity contribution in [1.82, 2.24) is 10.2 Å². The first-order valence-corrected chi connectivity index (χ1v) is 5.96. The fourth-order valence-corrected chi connectivity index (χ4v) is 2.07. The van der Waals surface area contributed by atoms with Crippen LogP contribution in [-0.4, -0.2) is 47.3 Å². The molecule has 0 spiro atoms. The van der Waals surface area contributed by atoms with E-state index in [1.165, 1.54) is 0 Å². The van der Waals surface area contributed by atoms with Crippen LogP contribution >= 0.6 is 12.2 Å². The van der Waals surface area contributed by atoms with E-state index in [1.54, 1.807) is 4.90 Å². The van der Waals surface area contributed by atoms with Crippen LogP contribution in [0.25, 0.3) is 0 Å². The Morgan fingerprint density at radius 2 is 2.12 bits per heavy atom. The summed E-state index contributed by atoms with van der Waals surface area (Å²) in [5.41, 5.74) is 5.33. The Morgan fingerprint density at radius 3 is 2.62 bits per heavy atom. The van der Waals surface area contributed by atoms with Gasteiger partial charge in [0.05, 0.1) is 0 Å². The van der Waals surface area contributed by atoms with Gasteiger partial charge in [-0.2, -0.15) is 0 Å². The molecule has 1 amide bonds. The molecule has 0 radical (unpaired) electrons. The Kier molecular flexibility index (Phi) is 5.48. The van der Waals surface area contributed by atoms with E-state index in [2.05, 4.69) is 5.32 Å². The number of aliphatic hydroxyl groups is 1. The number of likely N-dealkylation sites (tertiary alicyclic amines) is 1. The molecule has 0 aliphatic carbocycles. The van der Waals surface area contributed by atoms with Gasteiger partial charge in [0.1, 0.15) is 6.61 Å². The lowest BCUT2D eigenvalue weighted by molar-refractivity contribution is -0.135. The predicted molar refractivity (Wildman–Crippen MR) is 65.8 cm³/mol. The molecule has 0 atom stereocenters. The zero-order chi connectivity index (χ0) is 12.0. The number of hydrogen-bond acceptors (Lipinski definition) is 3. The first-order chi connectivity index (χ1) is 7.63. The van der Waals surface area contributed by atoms with Crippen LogP contribution in [-0.2, 0) is 4.79 Å². The van der Waals surface area contributed by atoms with Crippen molar-refractivity contribution in [2.75, 3.05) is 26.2 Å². The highest BCUT2D eigenvalue weighted by Gasteiger charge is 2.21. The van der Waals surface area contributed by atoms with Crippen molar-refractivity contribution < 1.29 is 9.90 Å². The second-order valence-corrected chi connectivity index (χ2v) is 4.50. The van der Waals surface area contributed by atoms with Gasteiger partial charge >= 0.3 is 0 Å². The molecular weight excluding hydrogens is 226 g/mol. The maximum Gasteiger partial charge on any atom is 0.248 e. The molecule has 6 heteroatoms. The van der Waals surface area contributed by atoms with Crippen molar-refractivity contribution in [3.63, 3.8) is 0 Å². The number of hydrogen-bond donors (Lipinski definition) is 3. The summed E-state index contributed by atoms with van der Waals surface area (Å²) in [5.74, 6) is 0.448. The smallest absolute Gasteiger partial charge is 0.248 e. The van der Waals surface area contributed by atoms with Crippen LogP contribution in [0.2, 0.25) is 0 Å². The molecule has 1 fully saturated rings. The van der Waals surface area contributed by atoms with Gasteiger partial charge in [0, 0.05) is 19.6 Å². The van der Waals surface area contributed by atoms with Gasteiger partial charge in [0.2, 0.25) is 5.91 Å². The molecule has 5 nitrogen and oxygen atoms in total. The molecule has 0 aromatic heterocycles. The van der Waals surface area contributed by atoms with Crippen molar-refractivity contribution in [2.24, 2.45) is 11.7 Å². The quantitative estimate of drug-likeness (QED) is 0.579. The molecule has 92 valence electrons. The van der Waals surface area contributed by atoms with Crippen molar-refractivity contribution in [3.8, 4) is 0 Å². The minimum absolute atomic E-state index is 0.167. The molecule has 1 saturated heterocycles. The molecule has 0 saturated carbocycles. The largest absolute Gasteiger partial charge is 0.387 e. The number of aliphatic hydroxyl groups excluding tert-OH is 1.